The Bertz CT molecular complexity index is 2170. The zero-order valence-corrected chi connectivity index (χ0v) is 26.1. The maximum absolute atomic E-state index is 12.4. The van der Waals surface area contributed by atoms with Gasteiger partial charge in [0.05, 0.1) is 22.8 Å². The molecule has 0 unspecified atom stereocenters. The maximum atomic E-state index is 12.4. The fourth-order valence-electron chi connectivity index (χ4n) is 4.91. The molecule has 0 amide bonds. The van der Waals surface area contributed by atoms with Crippen LogP contribution in [0.15, 0.2) is 107 Å². The van der Waals surface area contributed by atoms with E-state index in [4.69, 9.17) is 0 Å². The third-order valence-electron chi connectivity index (χ3n) is 7.11. The van der Waals surface area contributed by atoms with Crippen LogP contribution in [0.25, 0.3) is 46.0 Å². The molecule has 2 heterocycles. The average Bonchev–Trinajstić information content (AvgIpc) is 3.62. The van der Waals surface area contributed by atoms with Crippen molar-refractivity contribution in [3.05, 3.63) is 120 Å². The van der Waals surface area contributed by atoms with Crippen molar-refractivity contribution in [2.24, 2.45) is 0 Å². The summed E-state index contributed by atoms with van der Waals surface area (Å²) in [7, 11) is -9.47. The third-order valence-corrected chi connectivity index (χ3v) is 8.93. The van der Waals surface area contributed by atoms with E-state index in [1.54, 1.807) is 26.0 Å². The topological polar surface area (TPSA) is 170 Å². The molecule has 0 spiro atoms. The number of aryl methyl sites for hydroxylation is 2. The van der Waals surface area contributed by atoms with Crippen LogP contribution in [0, 0.1) is 13.8 Å². The molecule has 0 bridgehead atoms. The van der Waals surface area contributed by atoms with Gasteiger partial charge in [0.1, 0.15) is 21.2 Å². The van der Waals surface area contributed by atoms with Crippen LogP contribution >= 0.6 is 0 Å². The van der Waals surface area contributed by atoms with Gasteiger partial charge in [-0.25, -0.2) is 0 Å². The number of hydrogen-bond donors (Lipinski definition) is 2. The molecule has 0 aliphatic carbocycles. The Morgan fingerprint density at radius 1 is 0.543 bits per heavy atom. The molecule has 0 radical (unpaired) electrons. The highest BCUT2D eigenvalue weighted by atomic mass is 32.2. The molecule has 2 aromatic heterocycles. The van der Waals surface area contributed by atoms with E-state index in [2.05, 4.69) is 20.4 Å². The van der Waals surface area contributed by atoms with Gasteiger partial charge in [0.15, 0.2) is 0 Å². The van der Waals surface area contributed by atoms with Crippen LogP contribution < -0.4 is 0 Å². The molecule has 0 saturated heterocycles. The van der Waals surface area contributed by atoms with Gasteiger partial charge in [0.2, 0.25) is 0 Å². The van der Waals surface area contributed by atoms with Gasteiger partial charge in [0, 0.05) is 11.1 Å². The van der Waals surface area contributed by atoms with Gasteiger partial charge >= 0.3 is 0 Å². The van der Waals surface area contributed by atoms with Crippen molar-refractivity contribution in [3.63, 3.8) is 0 Å². The summed E-state index contributed by atoms with van der Waals surface area (Å²) in [5, 5.41) is 17.8. The number of nitrogens with zero attached hydrogens (tertiary/aromatic N) is 6. The number of aromatic nitrogens is 6. The molecule has 0 fully saturated rings. The van der Waals surface area contributed by atoms with E-state index in [1.165, 1.54) is 46.0 Å². The predicted molar refractivity (Wildman–Crippen MR) is 172 cm³/mol. The van der Waals surface area contributed by atoms with E-state index < -0.39 is 30.0 Å². The van der Waals surface area contributed by atoms with Crippen molar-refractivity contribution in [3.8, 4) is 33.9 Å². The quantitative estimate of drug-likeness (QED) is 0.159. The molecule has 0 saturated carbocycles. The van der Waals surface area contributed by atoms with Crippen molar-refractivity contribution < 1.29 is 25.9 Å². The summed E-state index contributed by atoms with van der Waals surface area (Å²) in [4.78, 5) is 1.63. The van der Waals surface area contributed by atoms with Crippen molar-refractivity contribution >= 4 is 32.4 Å². The third kappa shape index (κ3) is 6.27. The van der Waals surface area contributed by atoms with E-state index >= 15 is 0 Å². The number of benzene rings is 4. The average molecular weight is 655 g/mol. The van der Waals surface area contributed by atoms with Crippen molar-refractivity contribution in [2.75, 3.05) is 0 Å². The molecule has 4 aromatic carbocycles. The first-order valence-corrected chi connectivity index (χ1v) is 16.7. The van der Waals surface area contributed by atoms with Crippen LogP contribution in [0.2, 0.25) is 0 Å². The minimum absolute atomic E-state index is 0.0562. The lowest BCUT2D eigenvalue weighted by molar-refractivity contribution is 0.480. The normalized spacial score (nSPS) is 12.2. The summed E-state index contributed by atoms with van der Waals surface area (Å²) in [6, 6.07) is 27.1. The van der Waals surface area contributed by atoms with Crippen LogP contribution in [0.5, 0.6) is 0 Å². The van der Waals surface area contributed by atoms with Crippen molar-refractivity contribution in [1.82, 2.24) is 30.0 Å². The Morgan fingerprint density at radius 2 is 0.913 bits per heavy atom. The first-order valence-electron chi connectivity index (χ1n) is 13.8. The molecular formula is C32H26N6O6S2. The standard InChI is InChI=1S/C32H26N6O6S2/c1-21-31(25-9-5-3-6-10-25)35-37(33-21)27-17-15-23(29(19-27)45(39,40)41)13-14-24-16-18-28(20-30(24)46(42,43)44)38-34-22(2)32(36-38)26-11-7-4-8-12-26/h3-20H,1-2H3,(H,39,40,41)(H,42,43,44)/b14-13+. The largest absolute Gasteiger partial charge is 0.295 e. The van der Waals surface area contributed by atoms with Gasteiger partial charge in [-0.15, -0.1) is 10.2 Å². The fourth-order valence-corrected chi connectivity index (χ4v) is 6.32. The molecule has 2 N–H and O–H groups in total. The monoisotopic (exact) mass is 654 g/mol. The number of rotatable bonds is 8. The molecule has 232 valence electrons. The molecule has 6 rings (SSSR count). The zero-order valence-electron chi connectivity index (χ0n) is 24.4. The van der Waals surface area contributed by atoms with Gasteiger partial charge in [0.25, 0.3) is 20.2 Å². The Morgan fingerprint density at radius 3 is 1.26 bits per heavy atom. The highest BCUT2D eigenvalue weighted by Gasteiger charge is 2.20. The Kier molecular flexibility index (Phi) is 7.96. The molecule has 46 heavy (non-hydrogen) atoms. The van der Waals surface area contributed by atoms with Crippen LogP contribution in [0.1, 0.15) is 22.5 Å². The summed E-state index contributed by atoms with van der Waals surface area (Å²) >= 11 is 0. The second-order valence-electron chi connectivity index (χ2n) is 10.3. The zero-order chi connectivity index (χ0) is 32.6. The summed E-state index contributed by atoms with van der Waals surface area (Å²) in [5.41, 5.74) is 4.76. The van der Waals surface area contributed by atoms with Gasteiger partial charge < -0.3 is 0 Å². The molecular weight excluding hydrogens is 629 g/mol. The van der Waals surface area contributed by atoms with E-state index in [-0.39, 0.29) is 22.5 Å². The van der Waals surface area contributed by atoms with Gasteiger partial charge in [-0.05, 0) is 49.2 Å². The first-order chi connectivity index (χ1) is 21.9. The predicted octanol–water partition coefficient (Wildman–Crippen LogP) is 5.46. The SMILES string of the molecule is Cc1nn(-c2ccc(/C=C/c3ccc(-n4nc(C)c(-c5ccccc5)n4)cc3S(=O)(=O)O)c(S(=O)(=O)O)c2)nc1-c1ccccc1. The molecule has 0 atom stereocenters. The van der Waals surface area contributed by atoms with Crippen LogP contribution in [-0.2, 0) is 20.2 Å². The van der Waals surface area contributed by atoms with Gasteiger partial charge in [-0.2, -0.15) is 36.6 Å². The van der Waals surface area contributed by atoms with Crippen molar-refractivity contribution in [1.29, 1.82) is 0 Å². The van der Waals surface area contributed by atoms with E-state index in [1.807, 2.05) is 60.7 Å². The van der Waals surface area contributed by atoms with Crippen LogP contribution in [0.4, 0.5) is 0 Å². The minimum Gasteiger partial charge on any atom is -0.282 e. The second-order valence-corrected chi connectivity index (χ2v) is 13.1. The molecule has 0 aliphatic rings. The molecule has 14 heteroatoms. The first kappa shape index (κ1) is 30.7. The molecule has 6 aromatic rings. The Hall–Kier alpha value is -5.28. The van der Waals surface area contributed by atoms with Gasteiger partial charge in [-0.3, -0.25) is 9.11 Å². The summed E-state index contributed by atoms with van der Waals surface area (Å²) in [6.07, 6.45) is 2.63. The number of hydrogen-bond acceptors (Lipinski definition) is 8. The summed E-state index contributed by atoms with van der Waals surface area (Å²) < 4.78 is 69.8. The fraction of sp³-hybridized carbons (Fsp3) is 0.0625. The highest BCUT2D eigenvalue weighted by Crippen LogP contribution is 2.27. The smallest absolute Gasteiger partial charge is 0.282 e. The van der Waals surface area contributed by atoms with Crippen molar-refractivity contribution in [2.45, 2.75) is 23.6 Å². The highest BCUT2D eigenvalue weighted by molar-refractivity contribution is 7.86. The van der Waals surface area contributed by atoms with E-state index in [0.717, 1.165) is 11.1 Å². The maximum Gasteiger partial charge on any atom is 0.295 e. The second kappa shape index (κ2) is 11.9. The lowest BCUT2D eigenvalue weighted by atomic mass is 10.1. The van der Waals surface area contributed by atoms with Crippen LogP contribution in [0.3, 0.4) is 0 Å². The minimum atomic E-state index is -4.74. The van der Waals surface area contributed by atoms with E-state index in [0.29, 0.717) is 22.8 Å². The van der Waals surface area contributed by atoms with Crippen LogP contribution in [-0.4, -0.2) is 55.9 Å². The lowest BCUT2D eigenvalue weighted by Gasteiger charge is -2.08. The summed E-state index contributed by atoms with van der Waals surface area (Å²) in [5.74, 6) is 0. The Labute approximate surface area is 264 Å². The Balaban J connectivity index is 1.36. The van der Waals surface area contributed by atoms with Gasteiger partial charge in [-0.1, -0.05) is 84.9 Å². The lowest BCUT2D eigenvalue weighted by Crippen LogP contribution is -2.06. The summed E-state index contributed by atoms with van der Waals surface area (Å²) in [6.45, 7) is 3.55. The molecule has 0 aliphatic heterocycles. The van der Waals surface area contributed by atoms with E-state index in [9.17, 15) is 25.9 Å². The molecule has 12 nitrogen and oxygen atoms in total.